The second-order valence-electron chi connectivity index (χ2n) is 8.37. The van der Waals surface area contributed by atoms with Crippen molar-refractivity contribution in [3.05, 3.63) is 60.2 Å². The minimum Gasteiger partial charge on any atom is -0.489 e. The third-order valence-electron chi connectivity index (χ3n) is 6.21. The maximum Gasteiger partial charge on any atom is 0.255 e. The fourth-order valence-corrected chi connectivity index (χ4v) is 4.30. The van der Waals surface area contributed by atoms with Gasteiger partial charge >= 0.3 is 0 Å². The molecule has 0 unspecified atom stereocenters. The summed E-state index contributed by atoms with van der Waals surface area (Å²) in [5, 5.41) is 3.03. The third-order valence-corrected chi connectivity index (χ3v) is 6.21. The quantitative estimate of drug-likeness (QED) is 0.605. The normalized spacial score (nSPS) is 15.7. The third kappa shape index (κ3) is 4.66. The molecule has 8 nitrogen and oxygen atoms in total. The molecular weight excluding hydrogens is 418 g/mol. The number of H-pyrrole nitrogens is 1. The number of aromatic amines is 1. The zero-order valence-corrected chi connectivity index (χ0v) is 18.8. The fraction of sp³-hybridized carbons (Fsp3) is 0.360. The van der Waals surface area contributed by atoms with E-state index in [-0.39, 0.29) is 5.91 Å². The molecule has 0 atom stereocenters. The summed E-state index contributed by atoms with van der Waals surface area (Å²) in [6, 6.07) is 12.6. The van der Waals surface area contributed by atoms with Gasteiger partial charge in [0, 0.05) is 50.7 Å². The van der Waals surface area contributed by atoms with Gasteiger partial charge in [-0.25, -0.2) is 4.98 Å². The van der Waals surface area contributed by atoms with Gasteiger partial charge in [0.1, 0.15) is 6.61 Å². The topological polar surface area (TPSA) is 82.7 Å². The summed E-state index contributed by atoms with van der Waals surface area (Å²) in [4.78, 5) is 24.7. The van der Waals surface area contributed by atoms with E-state index in [4.69, 9.17) is 9.47 Å². The second-order valence-corrected chi connectivity index (χ2v) is 8.37. The number of nitrogens with one attached hydrogen (secondary N) is 2. The highest BCUT2D eigenvalue weighted by Gasteiger charge is 2.24. The summed E-state index contributed by atoms with van der Waals surface area (Å²) >= 11 is 0. The van der Waals surface area contributed by atoms with E-state index in [1.807, 2.05) is 13.1 Å². The summed E-state index contributed by atoms with van der Waals surface area (Å²) in [5.41, 5.74) is 5.75. The highest BCUT2D eigenvalue weighted by Crippen LogP contribution is 2.39. The molecule has 1 amide bonds. The average molecular weight is 448 g/mol. The van der Waals surface area contributed by atoms with Crippen molar-refractivity contribution in [2.75, 3.05) is 62.8 Å². The number of carbonyl (C=O) groups is 1. The zero-order chi connectivity index (χ0) is 22.6. The van der Waals surface area contributed by atoms with Crippen molar-refractivity contribution in [3.63, 3.8) is 0 Å². The Morgan fingerprint density at radius 2 is 1.91 bits per heavy atom. The Kier molecular flexibility index (Phi) is 6.17. The van der Waals surface area contributed by atoms with Gasteiger partial charge in [-0.1, -0.05) is 12.1 Å². The number of amides is 1. The van der Waals surface area contributed by atoms with Crippen LogP contribution in [0.2, 0.25) is 0 Å². The molecule has 1 aromatic heterocycles. The molecule has 3 heterocycles. The van der Waals surface area contributed by atoms with Crippen LogP contribution in [0.4, 0.5) is 11.4 Å². The number of benzene rings is 2. The first kappa shape index (κ1) is 21.3. The van der Waals surface area contributed by atoms with E-state index in [2.05, 4.69) is 55.4 Å². The van der Waals surface area contributed by atoms with Crippen LogP contribution < -0.4 is 19.9 Å². The summed E-state index contributed by atoms with van der Waals surface area (Å²) in [5.74, 6) is 0.518. The maximum absolute atomic E-state index is 13.1. The smallest absolute Gasteiger partial charge is 0.255 e. The van der Waals surface area contributed by atoms with E-state index < -0.39 is 0 Å². The molecule has 1 fully saturated rings. The van der Waals surface area contributed by atoms with E-state index in [0.29, 0.717) is 30.9 Å². The van der Waals surface area contributed by atoms with Crippen LogP contribution in [0.5, 0.6) is 5.75 Å². The molecule has 2 aromatic carbocycles. The highest BCUT2D eigenvalue weighted by atomic mass is 16.5. The lowest BCUT2D eigenvalue weighted by Gasteiger charge is -2.30. The van der Waals surface area contributed by atoms with Crippen LogP contribution in [0.15, 0.2) is 48.9 Å². The molecule has 0 aliphatic carbocycles. The van der Waals surface area contributed by atoms with Gasteiger partial charge in [0.2, 0.25) is 0 Å². The zero-order valence-electron chi connectivity index (χ0n) is 18.8. The Bertz CT molecular complexity index is 1090. The van der Waals surface area contributed by atoms with Crippen molar-refractivity contribution >= 4 is 17.3 Å². The largest absolute Gasteiger partial charge is 0.489 e. The van der Waals surface area contributed by atoms with Crippen molar-refractivity contribution in [2.45, 2.75) is 6.42 Å². The summed E-state index contributed by atoms with van der Waals surface area (Å²) in [6.07, 6.45) is 4.11. The van der Waals surface area contributed by atoms with Crippen LogP contribution in [-0.4, -0.2) is 68.9 Å². The first-order valence-electron chi connectivity index (χ1n) is 11.4. The predicted molar refractivity (Wildman–Crippen MR) is 128 cm³/mol. The van der Waals surface area contributed by atoms with Gasteiger partial charge in [0.15, 0.2) is 5.75 Å². The molecule has 172 valence electrons. The molecule has 0 spiro atoms. The number of morpholine rings is 1. The van der Waals surface area contributed by atoms with Gasteiger partial charge in [0.05, 0.1) is 37.3 Å². The number of hydrogen-bond donors (Lipinski definition) is 2. The second kappa shape index (κ2) is 9.54. The molecule has 8 heteroatoms. The number of likely N-dealkylation sites (N-methyl/N-ethyl adjacent to an activating group) is 1. The van der Waals surface area contributed by atoms with Crippen LogP contribution in [0.1, 0.15) is 16.1 Å². The van der Waals surface area contributed by atoms with E-state index in [1.54, 1.807) is 12.5 Å². The number of rotatable bonds is 6. The summed E-state index contributed by atoms with van der Waals surface area (Å²) in [6.45, 7) is 5.20. The number of hydrogen-bond acceptors (Lipinski definition) is 6. The van der Waals surface area contributed by atoms with Crippen molar-refractivity contribution in [2.24, 2.45) is 0 Å². The van der Waals surface area contributed by atoms with Crippen LogP contribution in [0, 0.1) is 0 Å². The summed E-state index contributed by atoms with van der Waals surface area (Å²) < 4.78 is 11.4. The number of fused-ring (bicyclic) bond motifs is 1. The van der Waals surface area contributed by atoms with Gasteiger partial charge in [-0.15, -0.1) is 0 Å². The monoisotopic (exact) mass is 447 g/mol. The Morgan fingerprint density at radius 1 is 1.09 bits per heavy atom. The number of nitrogens with zero attached hydrogens (tertiary/aromatic N) is 3. The van der Waals surface area contributed by atoms with Crippen molar-refractivity contribution in [1.29, 1.82) is 0 Å². The molecule has 2 aliphatic rings. The Labute approximate surface area is 193 Å². The minimum absolute atomic E-state index is 0.132. The molecule has 33 heavy (non-hydrogen) atoms. The summed E-state index contributed by atoms with van der Waals surface area (Å²) in [7, 11) is 2.03. The molecular formula is C25H29N5O3. The molecule has 2 N–H and O–H groups in total. The Morgan fingerprint density at radius 3 is 2.67 bits per heavy atom. The number of carbonyl (C=O) groups excluding carboxylic acids is 1. The molecule has 1 saturated heterocycles. The molecule has 0 saturated carbocycles. The lowest BCUT2D eigenvalue weighted by Crippen LogP contribution is -2.36. The number of ether oxygens (including phenoxy) is 2. The van der Waals surface area contributed by atoms with Crippen molar-refractivity contribution < 1.29 is 14.3 Å². The number of imidazole rings is 1. The van der Waals surface area contributed by atoms with E-state index in [0.717, 1.165) is 55.4 Å². The van der Waals surface area contributed by atoms with E-state index in [1.165, 1.54) is 5.69 Å². The fourth-order valence-electron chi connectivity index (χ4n) is 4.30. The first-order chi connectivity index (χ1) is 16.2. The average Bonchev–Trinajstić information content (AvgIpc) is 3.38. The number of anilines is 2. The van der Waals surface area contributed by atoms with Crippen LogP contribution >= 0.6 is 0 Å². The standard InChI is InChI=1S/C25H29N5O3/c1-29-8-13-33-24-22(25(31)27-7-6-20-16-26-17-28-20)14-19(15-23(24)29)18-2-4-21(5-3-18)30-9-11-32-12-10-30/h2-5,14-17H,6-13H2,1H3,(H,26,28)(H,27,31). The van der Waals surface area contributed by atoms with Gasteiger partial charge in [-0.05, 0) is 35.4 Å². The van der Waals surface area contributed by atoms with Crippen molar-refractivity contribution in [1.82, 2.24) is 15.3 Å². The van der Waals surface area contributed by atoms with Crippen LogP contribution in [0.3, 0.4) is 0 Å². The van der Waals surface area contributed by atoms with Crippen molar-refractivity contribution in [3.8, 4) is 16.9 Å². The lowest BCUT2D eigenvalue weighted by molar-refractivity contribution is 0.0949. The molecule has 0 bridgehead atoms. The maximum atomic E-state index is 13.1. The van der Waals surface area contributed by atoms with Gasteiger partial charge in [-0.3, -0.25) is 4.79 Å². The highest BCUT2D eigenvalue weighted by molar-refractivity contribution is 6.01. The SMILES string of the molecule is CN1CCOc2c(C(=O)NCCc3cnc[nH]3)cc(-c3ccc(N4CCOCC4)cc3)cc21. The molecule has 2 aliphatic heterocycles. The number of aromatic nitrogens is 2. The van der Waals surface area contributed by atoms with Crippen LogP contribution in [-0.2, 0) is 11.2 Å². The van der Waals surface area contributed by atoms with Gasteiger partial charge in [-0.2, -0.15) is 0 Å². The Hall–Kier alpha value is -3.52. The van der Waals surface area contributed by atoms with E-state index in [9.17, 15) is 4.79 Å². The minimum atomic E-state index is -0.132. The lowest BCUT2D eigenvalue weighted by atomic mass is 9.99. The molecule has 3 aromatic rings. The van der Waals surface area contributed by atoms with Gasteiger partial charge in [0.25, 0.3) is 5.91 Å². The molecule has 5 rings (SSSR count). The van der Waals surface area contributed by atoms with Gasteiger partial charge < -0.3 is 29.6 Å². The van der Waals surface area contributed by atoms with E-state index >= 15 is 0 Å². The predicted octanol–water partition coefficient (Wildman–Crippen LogP) is 2.71. The first-order valence-corrected chi connectivity index (χ1v) is 11.4. The Balaban J connectivity index is 1.40. The molecule has 0 radical (unpaired) electrons. The van der Waals surface area contributed by atoms with Crippen LogP contribution in [0.25, 0.3) is 11.1 Å².